The highest BCUT2D eigenvalue weighted by molar-refractivity contribution is 5.79. The molecule has 1 aliphatic heterocycles. The third kappa shape index (κ3) is 2.99. The average molecular weight is 185 g/mol. The van der Waals surface area contributed by atoms with E-state index in [0.29, 0.717) is 12.3 Å². The summed E-state index contributed by atoms with van der Waals surface area (Å²) in [4.78, 5) is 11.1. The van der Waals surface area contributed by atoms with E-state index in [4.69, 9.17) is 4.74 Å². The second-order valence-corrected chi connectivity index (χ2v) is 4.37. The van der Waals surface area contributed by atoms with Crippen molar-refractivity contribution < 1.29 is 9.53 Å². The van der Waals surface area contributed by atoms with Crippen molar-refractivity contribution in [1.82, 2.24) is 5.32 Å². The van der Waals surface area contributed by atoms with Gasteiger partial charge in [0.1, 0.15) is 0 Å². The van der Waals surface area contributed by atoms with Gasteiger partial charge in [-0.2, -0.15) is 0 Å². The number of carbonyl (C=O) groups is 1. The second-order valence-electron chi connectivity index (χ2n) is 4.37. The molecule has 2 atom stereocenters. The van der Waals surface area contributed by atoms with Crippen LogP contribution in [0, 0.1) is 5.92 Å². The lowest BCUT2D eigenvalue weighted by Gasteiger charge is -2.27. The Morgan fingerprint density at radius 3 is 2.85 bits per heavy atom. The van der Waals surface area contributed by atoms with E-state index >= 15 is 0 Å². The van der Waals surface area contributed by atoms with Gasteiger partial charge in [-0.3, -0.25) is 4.79 Å². The van der Waals surface area contributed by atoms with Gasteiger partial charge in [-0.1, -0.05) is 6.92 Å². The fourth-order valence-corrected chi connectivity index (χ4v) is 2.12. The first-order valence-electron chi connectivity index (χ1n) is 4.86. The van der Waals surface area contributed by atoms with Crippen molar-refractivity contribution in [1.29, 1.82) is 0 Å². The lowest BCUT2D eigenvalue weighted by molar-refractivity contribution is -0.119. The summed E-state index contributed by atoms with van der Waals surface area (Å²) in [5.41, 5.74) is 0.00896. The zero-order chi connectivity index (χ0) is 9.90. The molecule has 1 rings (SSSR count). The molecule has 1 saturated heterocycles. The number of hydrogen-bond acceptors (Lipinski definition) is 2. The van der Waals surface area contributed by atoms with Crippen molar-refractivity contribution >= 4 is 5.91 Å². The summed E-state index contributed by atoms with van der Waals surface area (Å²) in [6.45, 7) is 5.04. The smallest absolute Gasteiger partial charge is 0.220 e. The third-order valence-electron chi connectivity index (χ3n) is 2.60. The Labute approximate surface area is 79.8 Å². The van der Waals surface area contributed by atoms with Gasteiger partial charge in [-0.05, 0) is 25.7 Å². The van der Waals surface area contributed by atoms with Gasteiger partial charge in [0.05, 0.1) is 0 Å². The number of rotatable bonds is 4. The van der Waals surface area contributed by atoms with Crippen LogP contribution in [0.4, 0.5) is 0 Å². The van der Waals surface area contributed by atoms with Crippen molar-refractivity contribution in [3.8, 4) is 0 Å². The minimum absolute atomic E-state index is 0.00896. The number of ether oxygens (including phenoxy) is 1. The summed E-state index contributed by atoms with van der Waals surface area (Å²) in [6, 6.07) is 0. The number of nitrogens with one attached hydrogen (secondary N) is 1. The maximum atomic E-state index is 11.1. The Hall–Kier alpha value is -0.570. The van der Waals surface area contributed by atoms with Crippen LogP contribution in [0.1, 0.15) is 33.1 Å². The van der Waals surface area contributed by atoms with Crippen LogP contribution in [0.3, 0.4) is 0 Å². The molecule has 0 aromatic rings. The highest BCUT2D eigenvalue weighted by atomic mass is 16.5. The van der Waals surface area contributed by atoms with Gasteiger partial charge in [-0.15, -0.1) is 0 Å². The van der Waals surface area contributed by atoms with E-state index in [0.717, 1.165) is 19.4 Å². The predicted molar refractivity (Wildman–Crippen MR) is 51.4 cm³/mol. The molecule has 1 fully saturated rings. The molecule has 1 amide bonds. The standard InChI is InChI=1S/C10H19NO2/c1-8(7-13-3)6-10(2)5-4-9(12)11-10/h8H,4-7H2,1-3H3,(H,11,12). The van der Waals surface area contributed by atoms with Crippen molar-refractivity contribution in [2.75, 3.05) is 13.7 Å². The minimum atomic E-state index is 0.00896. The quantitative estimate of drug-likeness (QED) is 0.717. The van der Waals surface area contributed by atoms with Crippen LogP contribution in [0.15, 0.2) is 0 Å². The van der Waals surface area contributed by atoms with Gasteiger partial charge < -0.3 is 10.1 Å². The molecule has 76 valence electrons. The largest absolute Gasteiger partial charge is 0.384 e. The predicted octanol–water partition coefficient (Wildman–Crippen LogP) is 1.33. The Balaban J connectivity index is 2.38. The summed E-state index contributed by atoms with van der Waals surface area (Å²) in [6.07, 6.45) is 2.64. The van der Waals surface area contributed by atoms with Crippen LogP contribution in [-0.4, -0.2) is 25.2 Å². The zero-order valence-corrected chi connectivity index (χ0v) is 8.72. The summed E-state index contributed by atoms with van der Waals surface area (Å²) < 4.78 is 5.07. The van der Waals surface area contributed by atoms with Crippen LogP contribution >= 0.6 is 0 Å². The molecule has 1 N–H and O–H groups in total. The summed E-state index contributed by atoms with van der Waals surface area (Å²) >= 11 is 0. The van der Waals surface area contributed by atoms with Crippen LogP contribution in [0.25, 0.3) is 0 Å². The van der Waals surface area contributed by atoms with Crippen LogP contribution < -0.4 is 5.32 Å². The van der Waals surface area contributed by atoms with Crippen molar-refractivity contribution in [3.05, 3.63) is 0 Å². The van der Waals surface area contributed by atoms with E-state index in [2.05, 4.69) is 19.2 Å². The summed E-state index contributed by atoms with van der Waals surface area (Å²) in [7, 11) is 1.71. The molecule has 0 aliphatic carbocycles. The van der Waals surface area contributed by atoms with E-state index in [1.54, 1.807) is 7.11 Å². The fraction of sp³-hybridized carbons (Fsp3) is 0.900. The highest BCUT2D eigenvalue weighted by Crippen LogP contribution is 2.26. The van der Waals surface area contributed by atoms with E-state index in [-0.39, 0.29) is 11.4 Å². The number of hydrogen-bond donors (Lipinski definition) is 1. The zero-order valence-electron chi connectivity index (χ0n) is 8.72. The molecule has 13 heavy (non-hydrogen) atoms. The number of carbonyl (C=O) groups excluding carboxylic acids is 1. The van der Waals surface area contributed by atoms with Crippen molar-refractivity contribution in [2.45, 2.75) is 38.6 Å². The normalized spacial score (nSPS) is 30.2. The molecule has 1 heterocycles. The Morgan fingerprint density at radius 2 is 2.38 bits per heavy atom. The Kier molecular flexibility index (Phi) is 3.31. The summed E-state index contributed by atoms with van der Waals surface area (Å²) in [5.74, 6) is 0.695. The first kappa shape index (κ1) is 10.5. The maximum Gasteiger partial charge on any atom is 0.220 e. The lowest BCUT2D eigenvalue weighted by Crippen LogP contribution is -2.40. The van der Waals surface area contributed by atoms with E-state index in [1.807, 2.05) is 0 Å². The second kappa shape index (κ2) is 4.09. The van der Waals surface area contributed by atoms with Gasteiger partial charge >= 0.3 is 0 Å². The Morgan fingerprint density at radius 1 is 1.69 bits per heavy atom. The molecule has 0 radical (unpaired) electrons. The lowest BCUT2D eigenvalue weighted by atomic mass is 9.89. The SMILES string of the molecule is COCC(C)CC1(C)CCC(=O)N1. The monoisotopic (exact) mass is 185 g/mol. The molecular weight excluding hydrogens is 166 g/mol. The third-order valence-corrected chi connectivity index (χ3v) is 2.60. The average Bonchev–Trinajstić information content (AvgIpc) is 2.30. The van der Waals surface area contributed by atoms with Gasteiger partial charge in [-0.25, -0.2) is 0 Å². The van der Waals surface area contributed by atoms with Gasteiger partial charge in [0.15, 0.2) is 0 Å². The molecule has 2 unspecified atom stereocenters. The van der Waals surface area contributed by atoms with E-state index < -0.39 is 0 Å². The molecule has 0 spiro atoms. The number of methoxy groups -OCH3 is 1. The van der Waals surface area contributed by atoms with E-state index in [1.165, 1.54) is 0 Å². The van der Waals surface area contributed by atoms with Crippen molar-refractivity contribution in [3.63, 3.8) is 0 Å². The van der Waals surface area contributed by atoms with Gasteiger partial charge in [0, 0.05) is 25.7 Å². The highest BCUT2D eigenvalue weighted by Gasteiger charge is 2.33. The van der Waals surface area contributed by atoms with Crippen LogP contribution in [0.5, 0.6) is 0 Å². The summed E-state index contributed by atoms with van der Waals surface area (Å²) in [5, 5.41) is 3.03. The fourth-order valence-electron chi connectivity index (χ4n) is 2.12. The molecule has 0 aromatic heterocycles. The molecule has 1 aliphatic rings. The van der Waals surface area contributed by atoms with E-state index in [9.17, 15) is 4.79 Å². The molecule has 3 heteroatoms. The molecule has 0 saturated carbocycles. The number of amides is 1. The molecule has 0 bridgehead atoms. The van der Waals surface area contributed by atoms with Crippen LogP contribution in [0.2, 0.25) is 0 Å². The molecule has 0 aromatic carbocycles. The Bertz CT molecular complexity index is 193. The topological polar surface area (TPSA) is 38.3 Å². The molecule has 3 nitrogen and oxygen atoms in total. The first-order valence-corrected chi connectivity index (χ1v) is 4.86. The van der Waals surface area contributed by atoms with Crippen LogP contribution in [-0.2, 0) is 9.53 Å². The molecular formula is C10H19NO2. The van der Waals surface area contributed by atoms with Gasteiger partial charge in [0.25, 0.3) is 0 Å². The van der Waals surface area contributed by atoms with Gasteiger partial charge in [0.2, 0.25) is 5.91 Å². The maximum absolute atomic E-state index is 11.1. The first-order chi connectivity index (χ1) is 6.06. The minimum Gasteiger partial charge on any atom is -0.384 e. The van der Waals surface area contributed by atoms with Crippen molar-refractivity contribution in [2.24, 2.45) is 5.92 Å².